The summed E-state index contributed by atoms with van der Waals surface area (Å²) in [5.41, 5.74) is 2.41. The molecule has 1 atom stereocenters. The number of aryl methyl sites for hydroxylation is 1. The number of aliphatic hydroxyl groups is 1. The third-order valence-electron chi connectivity index (χ3n) is 6.83. The highest BCUT2D eigenvalue weighted by molar-refractivity contribution is 7.92. The molecule has 4 aromatic rings. The van der Waals surface area contributed by atoms with Crippen molar-refractivity contribution in [2.45, 2.75) is 43.7 Å². The molecule has 208 valence electrons. The molecule has 7 nitrogen and oxygen atoms in total. The molecule has 0 amide bonds. The Kier molecular flexibility index (Phi) is 8.79. The van der Waals surface area contributed by atoms with Gasteiger partial charge in [0.15, 0.2) is 0 Å². The lowest BCUT2D eigenvalue weighted by molar-refractivity contribution is 0.0987. The molecule has 0 bridgehead atoms. The van der Waals surface area contributed by atoms with Gasteiger partial charge in [0.2, 0.25) is 0 Å². The summed E-state index contributed by atoms with van der Waals surface area (Å²) in [5, 5.41) is 26.1. The first kappa shape index (κ1) is 29.1. The zero-order chi connectivity index (χ0) is 28.9. The molecule has 4 aromatic carbocycles. The van der Waals surface area contributed by atoms with Crippen molar-refractivity contribution in [2.24, 2.45) is 0 Å². The fraction of sp³-hybridized carbons (Fsp3) is 0.281. The zero-order valence-corrected chi connectivity index (χ0v) is 24.1. The maximum atomic E-state index is 13.0. The summed E-state index contributed by atoms with van der Waals surface area (Å²) in [5.74, 6) is 0.279. The van der Waals surface area contributed by atoms with Gasteiger partial charge in [-0.05, 0) is 73.9 Å². The Hall–Kier alpha value is -3.90. The summed E-state index contributed by atoms with van der Waals surface area (Å²) >= 11 is 0. The van der Waals surface area contributed by atoms with E-state index in [0.717, 1.165) is 16.3 Å². The largest absolute Gasteiger partial charge is 0.489 e. The van der Waals surface area contributed by atoms with Gasteiger partial charge < -0.3 is 15.2 Å². The third-order valence-corrected chi connectivity index (χ3v) is 8.63. The number of hydrogen-bond donors (Lipinski definition) is 2. The molecule has 0 aromatic heterocycles. The fourth-order valence-electron chi connectivity index (χ4n) is 4.49. The lowest BCUT2D eigenvalue weighted by Crippen LogP contribution is -2.46. The second kappa shape index (κ2) is 12.1. The van der Waals surface area contributed by atoms with Crippen LogP contribution in [0.15, 0.2) is 89.8 Å². The lowest BCUT2D eigenvalue weighted by Gasteiger charge is -2.28. The van der Waals surface area contributed by atoms with E-state index >= 15 is 0 Å². The molecule has 0 heterocycles. The van der Waals surface area contributed by atoms with Crippen LogP contribution in [-0.4, -0.2) is 45.4 Å². The number of hydrogen-bond acceptors (Lipinski definition) is 6. The van der Waals surface area contributed by atoms with E-state index in [2.05, 4.69) is 55.6 Å². The average Bonchev–Trinajstić information content (AvgIpc) is 2.94. The average molecular weight is 558 g/mol. The molecule has 0 aliphatic heterocycles. The second-order valence-corrected chi connectivity index (χ2v) is 12.6. The van der Waals surface area contributed by atoms with Crippen molar-refractivity contribution < 1.29 is 18.3 Å². The lowest BCUT2D eigenvalue weighted by atomic mass is 9.93. The van der Waals surface area contributed by atoms with E-state index in [9.17, 15) is 18.8 Å². The van der Waals surface area contributed by atoms with E-state index in [1.54, 1.807) is 36.4 Å². The molecule has 0 spiro atoms. The first-order valence-corrected chi connectivity index (χ1v) is 14.6. The number of fused-ring (bicyclic) bond motifs is 1. The molecule has 0 saturated heterocycles. The Morgan fingerprint density at radius 2 is 1.70 bits per heavy atom. The van der Waals surface area contributed by atoms with Gasteiger partial charge in [0, 0.05) is 19.1 Å². The molecular formula is C32H35N3O4S. The Morgan fingerprint density at radius 3 is 2.40 bits per heavy atom. The van der Waals surface area contributed by atoms with Crippen molar-refractivity contribution >= 4 is 26.5 Å². The zero-order valence-electron chi connectivity index (χ0n) is 23.3. The molecule has 1 unspecified atom stereocenters. The SMILES string of the molecule is Cc1ccc(S(=O)(=O)N(C)c2ccc(OCC(O)CNC(C)(C)Cc3ccc4ccccc4c3)c(C#N)c2)cc1. The van der Waals surface area contributed by atoms with Gasteiger partial charge >= 0.3 is 0 Å². The summed E-state index contributed by atoms with van der Waals surface area (Å²) in [7, 11) is -2.35. The molecule has 0 aliphatic carbocycles. The van der Waals surface area contributed by atoms with Gasteiger partial charge in [-0.15, -0.1) is 0 Å². The minimum absolute atomic E-state index is 0.0232. The van der Waals surface area contributed by atoms with Crippen molar-refractivity contribution in [1.29, 1.82) is 5.26 Å². The van der Waals surface area contributed by atoms with E-state index in [1.165, 1.54) is 29.4 Å². The summed E-state index contributed by atoms with van der Waals surface area (Å²) < 4.78 is 33.0. The fourth-order valence-corrected chi connectivity index (χ4v) is 5.68. The van der Waals surface area contributed by atoms with Crippen molar-refractivity contribution in [3.63, 3.8) is 0 Å². The van der Waals surface area contributed by atoms with Crippen LogP contribution in [0.1, 0.15) is 30.5 Å². The predicted octanol–water partition coefficient (Wildman–Crippen LogP) is 5.20. The number of sulfonamides is 1. The van der Waals surface area contributed by atoms with Crippen LogP contribution in [0.25, 0.3) is 10.8 Å². The summed E-state index contributed by atoms with van der Waals surface area (Å²) in [6.45, 7) is 6.34. The van der Waals surface area contributed by atoms with Gasteiger partial charge in [0.05, 0.1) is 16.1 Å². The highest BCUT2D eigenvalue weighted by Crippen LogP contribution is 2.28. The van der Waals surface area contributed by atoms with Crippen LogP contribution in [0.2, 0.25) is 0 Å². The van der Waals surface area contributed by atoms with Gasteiger partial charge in [0.25, 0.3) is 10.0 Å². The number of nitrogens with one attached hydrogen (secondary N) is 1. The molecular weight excluding hydrogens is 522 g/mol. The first-order chi connectivity index (χ1) is 19.0. The molecule has 0 saturated carbocycles. The Morgan fingerprint density at radius 1 is 1.00 bits per heavy atom. The number of nitriles is 1. The van der Waals surface area contributed by atoms with E-state index in [1.807, 2.05) is 19.1 Å². The number of anilines is 1. The Bertz CT molecular complexity index is 1630. The maximum absolute atomic E-state index is 13.0. The quantitative estimate of drug-likeness (QED) is 0.263. The normalized spacial score (nSPS) is 12.6. The number of ether oxygens (including phenoxy) is 1. The van der Waals surface area contributed by atoms with Crippen molar-refractivity contribution in [2.75, 3.05) is 24.5 Å². The van der Waals surface area contributed by atoms with Gasteiger partial charge in [-0.1, -0.05) is 60.2 Å². The highest BCUT2D eigenvalue weighted by Gasteiger charge is 2.23. The monoisotopic (exact) mass is 557 g/mol. The van der Waals surface area contributed by atoms with Crippen LogP contribution in [0.3, 0.4) is 0 Å². The molecule has 0 radical (unpaired) electrons. The van der Waals surface area contributed by atoms with Gasteiger partial charge in [0.1, 0.15) is 24.5 Å². The van der Waals surface area contributed by atoms with E-state index in [4.69, 9.17) is 4.74 Å². The number of nitrogens with zero attached hydrogens (tertiary/aromatic N) is 2. The Labute approximate surface area is 236 Å². The molecule has 2 N–H and O–H groups in total. The molecule has 0 aliphatic rings. The summed E-state index contributed by atoms with van der Waals surface area (Å²) in [4.78, 5) is 0.165. The van der Waals surface area contributed by atoms with Crippen molar-refractivity contribution in [3.05, 3.63) is 102 Å². The van der Waals surface area contributed by atoms with Crippen LogP contribution in [0.4, 0.5) is 5.69 Å². The second-order valence-electron chi connectivity index (χ2n) is 10.7. The third kappa shape index (κ3) is 6.99. The Balaban J connectivity index is 1.34. The van der Waals surface area contributed by atoms with E-state index in [-0.39, 0.29) is 28.4 Å². The standard InChI is InChI=1S/C32H35N3O4S/c1-23-9-14-30(15-10-23)40(37,38)35(4)28-13-16-31(27(18-28)20-33)39-22-29(36)21-34-32(2,3)19-24-11-12-25-7-5-6-8-26(25)17-24/h5-18,29,34,36H,19,21-22H2,1-4H3. The molecule has 4 rings (SSSR count). The topological polar surface area (TPSA) is 103 Å². The van der Waals surface area contributed by atoms with Gasteiger partial charge in [-0.2, -0.15) is 5.26 Å². The molecule has 0 fully saturated rings. The van der Waals surface area contributed by atoms with Gasteiger partial charge in [-0.25, -0.2) is 8.42 Å². The predicted molar refractivity (Wildman–Crippen MR) is 159 cm³/mol. The molecule has 8 heteroatoms. The number of rotatable bonds is 11. The number of benzene rings is 4. The number of aliphatic hydroxyl groups excluding tert-OH is 1. The van der Waals surface area contributed by atoms with Crippen LogP contribution in [0.5, 0.6) is 5.75 Å². The summed E-state index contributed by atoms with van der Waals surface area (Å²) in [6, 6.07) is 28.0. The van der Waals surface area contributed by atoms with Crippen LogP contribution in [-0.2, 0) is 16.4 Å². The number of β-amino-alcohol motifs (C(OH)–C–C–N with tert-alkyl or cyclic N) is 1. The van der Waals surface area contributed by atoms with Crippen LogP contribution in [0, 0.1) is 18.3 Å². The van der Waals surface area contributed by atoms with Crippen molar-refractivity contribution in [1.82, 2.24) is 5.32 Å². The summed E-state index contributed by atoms with van der Waals surface area (Å²) in [6.07, 6.45) is -0.0310. The molecule has 40 heavy (non-hydrogen) atoms. The van der Waals surface area contributed by atoms with E-state index < -0.39 is 16.1 Å². The minimum Gasteiger partial charge on any atom is -0.489 e. The minimum atomic E-state index is -3.79. The maximum Gasteiger partial charge on any atom is 0.264 e. The first-order valence-electron chi connectivity index (χ1n) is 13.1. The van der Waals surface area contributed by atoms with E-state index in [0.29, 0.717) is 12.2 Å². The van der Waals surface area contributed by atoms with Crippen molar-refractivity contribution in [3.8, 4) is 11.8 Å². The highest BCUT2D eigenvalue weighted by atomic mass is 32.2. The van der Waals surface area contributed by atoms with Crippen LogP contribution < -0.4 is 14.4 Å². The van der Waals surface area contributed by atoms with Gasteiger partial charge in [-0.3, -0.25) is 4.31 Å². The van der Waals surface area contributed by atoms with Crippen LogP contribution >= 0.6 is 0 Å². The smallest absolute Gasteiger partial charge is 0.264 e.